The monoisotopic (exact) mass is 407 g/mol. The lowest BCUT2D eigenvalue weighted by atomic mass is 10.0. The normalized spacial score (nSPS) is 16.8. The number of hydrogen-bond donors (Lipinski definition) is 1. The molecule has 0 radical (unpaired) electrons. The number of nitrogens with one attached hydrogen (secondary N) is 1. The van der Waals surface area contributed by atoms with Crippen LogP contribution in [0.3, 0.4) is 0 Å². The van der Waals surface area contributed by atoms with E-state index in [9.17, 15) is 4.79 Å². The molecule has 3 heterocycles. The number of aromatic nitrogens is 3. The fourth-order valence-corrected chi connectivity index (χ4v) is 4.15. The average Bonchev–Trinajstić information content (AvgIpc) is 3.39. The molecule has 3 aromatic rings. The SMILES string of the molecule is Cc1ccc2c(c1)nnn2C1CCN(CC(=O)NCc2ccc3c(c2)OCO3)CC1. The number of aryl methyl sites for hydroxylation is 1. The van der Waals surface area contributed by atoms with Gasteiger partial charge in [-0.25, -0.2) is 4.68 Å². The van der Waals surface area contributed by atoms with Gasteiger partial charge in [-0.1, -0.05) is 17.3 Å². The van der Waals surface area contributed by atoms with Gasteiger partial charge in [0.05, 0.1) is 18.1 Å². The first-order valence-electron chi connectivity index (χ1n) is 10.3. The molecule has 0 saturated carbocycles. The summed E-state index contributed by atoms with van der Waals surface area (Å²) >= 11 is 0. The summed E-state index contributed by atoms with van der Waals surface area (Å²) in [6, 6.07) is 12.3. The fourth-order valence-electron chi connectivity index (χ4n) is 4.15. The quantitative estimate of drug-likeness (QED) is 0.700. The maximum Gasteiger partial charge on any atom is 0.234 e. The largest absolute Gasteiger partial charge is 0.454 e. The van der Waals surface area contributed by atoms with Crippen molar-refractivity contribution in [2.24, 2.45) is 0 Å². The molecule has 0 atom stereocenters. The van der Waals surface area contributed by atoms with E-state index >= 15 is 0 Å². The topological polar surface area (TPSA) is 81.5 Å². The Morgan fingerprint density at radius 2 is 1.97 bits per heavy atom. The zero-order chi connectivity index (χ0) is 20.5. The molecule has 2 aromatic carbocycles. The summed E-state index contributed by atoms with van der Waals surface area (Å²) in [5, 5.41) is 11.7. The van der Waals surface area contributed by atoms with Gasteiger partial charge in [0.1, 0.15) is 5.52 Å². The van der Waals surface area contributed by atoms with Crippen molar-refractivity contribution < 1.29 is 14.3 Å². The smallest absolute Gasteiger partial charge is 0.234 e. The van der Waals surface area contributed by atoms with Crippen LogP contribution in [0.5, 0.6) is 11.5 Å². The predicted octanol–water partition coefficient (Wildman–Crippen LogP) is 2.42. The highest BCUT2D eigenvalue weighted by atomic mass is 16.7. The first-order chi connectivity index (χ1) is 14.7. The molecule has 2 aliphatic heterocycles. The Kier molecular flexibility index (Phi) is 5.00. The van der Waals surface area contributed by atoms with E-state index in [-0.39, 0.29) is 12.7 Å². The van der Waals surface area contributed by atoms with Crippen LogP contribution in [0.1, 0.15) is 30.0 Å². The van der Waals surface area contributed by atoms with Crippen LogP contribution in [-0.2, 0) is 11.3 Å². The van der Waals surface area contributed by atoms with Crippen LogP contribution in [-0.4, -0.2) is 52.2 Å². The molecule has 8 nitrogen and oxygen atoms in total. The van der Waals surface area contributed by atoms with Crippen molar-refractivity contribution in [3.8, 4) is 11.5 Å². The van der Waals surface area contributed by atoms with E-state index in [0.29, 0.717) is 19.1 Å². The van der Waals surface area contributed by atoms with Gasteiger partial charge in [-0.3, -0.25) is 9.69 Å². The highest BCUT2D eigenvalue weighted by Crippen LogP contribution is 2.32. The fraction of sp³-hybridized carbons (Fsp3) is 0.409. The number of benzene rings is 2. The van der Waals surface area contributed by atoms with Crippen molar-refractivity contribution in [2.75, 3.05) is 26.4 Å². The lowest BCUT2D eigenvalue weighted by Crippen LogP contribution is -2.41. The number of carbonyl (C=O) groups is 1. The predicted molar refractivity (Wildman–Crippen MR) is 111 cm³/mol. The Morgan fingerprint density at radius 3 is 2.83 bits per heavy atom. The second-order valence-electron chi connectivity index (χ2n) is 8.00. The van der Waals surface area contributed by atoms with Gasteiger partial charge in [0.2, 0.25) is 12.7 Å². The van der Waals surface area contributed by atoms with Crippen molar-refractivity contribution in [3.63, 3.8) is 0 Å². The number of ether oxygens (including phenoxy) is 2. The summed E-state index contributed by atoms with van der Waals surface area (Å²) in [5.41, 5.74) is 4.22. The van der Waals surface area contributed by atoms with Crippen molar-refractivity contribution in [2.45, 2.75) is 32.4 Å². The summed E-state index contributed by atoms with van der Waals surface area (Å²) in [7, 11) is 0. The number of likely N-dealkylation sites (tertiary alicyclic amines) is 1. The molecular formula is C22H25N5O3. The molecule has 8 heteroatoms. The second-order valence-corrected chi connectivity index (χ2v) is 8.00. The van der Waals surface area contributed by atoms with Crippen LogP contribution >= 0.6 is 0 Å². The zero-order valence-corrected chi connectivity index (χ0v) is 17.0. The molecule has 30 heavy (non-hydrogen) atoms. The van der Waals surface area contributed by atoms with Crippen LogP contribution in [0.25, 0.3) is 11.0 Å². The minimum absolute atomic E-state index is 0.0350. The number of piperidine rings is 1. The van der Waals surface area contributed by atoms with Crippen LogP contribution in [0.2, 0.25) is 0 Å². The van der Waals surface area contributed by atoms with Crippen molar-refractivity contribution in [3.05, 3.63) is 47.5 Å². The Bertz CT molecular complexity index is 1070. The van der Waals surface area contributed by atoms with Crippen LogP contribution in [0, 0.1) is 6.92 Å². The number of rotatable bonds is 5. The molecular weight excluding hydrogens is 382 g/mol. The molecule has 1 saturated heterocycles. The number of hydrogen-bond acceptors (Lipinski definition) is 6. The average molecular weight is 407 g/mol. The van der Waals surface area contributed by atoms with Gasteiger partial charge < -0.3 is 14.8 Å². The van der Waals surface area contributed by atoms with Crippen LogP contribution in [0.4, 0.5) is 0 Å². The van der Waals surface area contributed by atoms with Gasteiger partial charge in [0.25, 0.3) is 0 Å². The zero-order valence-electron chi connectivity index (χ0n) is 17.0. The van der Waals surface area contributed by atoms with Crippen LogP contribution < -0.4 is 14.8 Å². The lowest BCUT2D eigenvalue weighted by Gasteiger charge is -2.31. The van der Waals surface area contributed by atoms with Gasteiger partial charge in [-0.05, 0) is 55.2 Å². The highest BCUT2D eigenvalue weighted by Gasteiger charge is 2.24. The van der Waals surface area contributed by atoms with Crippen molar-refractivity contribution in [1.29, 1.82) is 0 Å². The maximum atomic E-state index is 12.4. The molecule has 0 bridgehead atoms. The number of nitrogens with zero attached hydrogens (tertiary/aromatic N) is 4. The third-order valence-corrected chi connectivity index (χ3v) is 5.82. The summed E-state index contributed by atoms with van der Waals surface area (Å²) in [6.45, 7) is 4.95. The van der Waals surface area contributed by atoms with Crippen molar-refractivity contribution in [1.82, 2.24) is 25.2 Å². The van der Waals surface area contributed by atoms with Gasteiger partial charge in [-0.2, -0.15) is 0 Å². The Hall–Kier alpha value is -3.13. The Labute approximate surface area is 174 Å². The molecule has 1 aromatic heterocycles. The summed E-state index contributed by atoms with van der Waals surface area (Å²) in [4.78, 5) is 14.6. The van der Waals surface area contributed by atoms with Gasteiger partial charge in [-0.15, -0.1) is 5.10 Å². The van der Waals surface area contributed by atoms with E-state index in [1.54, 1.807) is 0 Å². The van der Waals surface area contributed by atoms with Gasteiger partial charge in [0, 0.05) is 19.6 Å². The Morgan fingerprint density at radius 1 is 1.13 bits per heavy atom. The molecule has 156 valence electrons. The maximum absolute atomic E-state index is 12.4. The van der Waals surface area contributed by atoms with E-state index in [4.69, 9.17) is 9.47 Å². The first kappa shape index (κ1) is 18.9. The standard InChI is InChI=1S/C22H25N5O3/c1-15-2-4-19-18(10-15)24-25-27(19)17-6-8-26(9-7-17)13-22(28)23-12-16-3-5-20-21(11-16)30-14-29-20/h2-5,10-11,17H,6-9,12-14H2,1H3,(H,23,28). The van der Waals surface area contributed by atoms with E-state index in [0.717, 1.165) is 54.0 Å². The summed E-state index contributed by atoms with van der Waals surface area (Å²) in [6.07, 6.45) is 1.92. The molecule has 0 unspecified atom stereocenters. The van der Waals surface area contributed by atoms with Gasteiger partial charge >= 0.3 is 0 Å². The molecule has 1 fully saturated rings. The van der Waals surface area contributed by atoms with Gasteiger partial charge in [0.15, 0.2) is 11.5 Å². The van der Waals surface area contributed by atoms with Crippen LogP contribution in [0.15, 0.2) is 36.4 Å². The summed E-state index contributed by atoms with van der Waals surface area (Å²) in [5.74, 6) is 1.52. The minimum Gasteiger partial charge on any atom is -0.454 e. The molecule has 5 rings (SSSR count). The third-order valence-electron chi connectivity index (χ3n) is 5.82. The molecule has 0 aliphatic carbocycles. The number of carbonyl (C=O) groups excluding carboxylic acids is 1. The van der Waals surface area contributed by atoms with Crippen molar-refractivity contribution >= 4 is 16.9 Å². The molecule has 0 spiro atoms. The highest BCUT2D eigenvalue weighted by molar-refractivity contribution is 5.78. The lowest BCUT2D eigenvalue weighted by molar-refractivity contribution is -0.122. The van der Waals surface area contributed by atoms with E-state index in [1.165, 1.54) is 5.56 Å². The molecule has 1 N–H and O–H groups in total. The minimum atomic E-state index is 0.0350. The van der Waals surface area contributed by atoms with E-state index in [1.807, 2.05) is 22.9 Å². The van der Waals surface area contributed by atoms with E-state index < -0.39 is 0 Å². The number of fused-ring (bicyclic) bond motifs is 2. The Balaban J connectivity index is 1.12. The number of amides is 1. The molecule has 1 amide bonds. The first-order valence-corrected chi connectivity index (χ1v) is 10.3. The molecule has 2 aliphatic rings. The van der Waals surface area contributed by atoms with E-state index in [2.05, 4.69) is 45.7 Å². The third kappa shape index (κ3) is 3.82. The summed E-state index contributed by atoms with van der Waals surface area (Å²) < 4.78 is 12.8. The second kappa shape index (κ2) is 7.95.